The summed E-state index contributed by atoms with van der Waals surface area (Å²) in [7, 11) is 0. The van der Waals surface area contributed by atoms with Gasteiger partial charge in [0.05, 0.1) is 5.56 Å². The lowest BCUT2D eigenvalue weighted by molar-refractivity contribution is -0.274. The van der Waals surface area contributed by atoms with Crippen LogP contribution in [-0.4, -0.2) is 55.1 Å². The van der Waals surface area contributed by atoms with Gasteiger partial charge in [0.1, 0.15) is 18.1 Å². The van der Waals surface area contributed by atoms with Gasteiger partial charge in [-0.2, -0.15) is 0 Å². The van der Waals surface area contributed by atoms with Crippen molar-refractivity contribution in [2.45, 2.75) is 12.9 Å². The zero-order valence-electron chi connectivity index (χ0n) is 20.1. The third-order valence-corrected chi connectivity index (χ3v) is 5.96. The van der Waals surface area contributed by atoms with Crippen LogP contribution >= 0.6 is 0 Å². The van der Waals surface area contributed by atoms with E-state index in [1.54, 1.807) is 24.3 Å². The van der Waals surface area contributed by atoms with Crippen molar-refractivity contribution >= 4 is 11.7 Å². The number of hydrogen-bond donors (Lipinski definition) is 1. The highest BCUT2D eigenvalue weighted by atomic mass is 19.4. The molecule has 0 unspecified atom stereocenters. The Hall–Kier alpha value is -3.98. The van der Waals surface area contributed by atoms with Crippen LogP contribution < -0.4 is 9.64 Å². The Morgan fingerprint density at radius 1 is 0.973 bits per heavy atom. The molecule has 1 heterocycles. The van der Waals surface area contributed by atoms with Crippen LogP contribution in [0.2, 0.25) is 0 Å². The lowest BCUT2D eigenvalue weighted by atomic mass is 10.0. The fourth-order valence-electron chi connectivity index (χ4n) is 4.25. The van der Waals surface area contributed by atoms with Crippen molar-refractivity contribution in [2.24, 2.45) is 0 Å². The standard InChI is InChI=1S/C28H27F3N2O4/c1-2-14-36-27(35)21-6-8-24(9-7-21)33-12-10-32(11-13-33)19-20-15-23(22-4-3-5-25(34)17-22)18-26(16-20)37-28(29,30)31/h2-9,15-18,34H,1,10-14,19H2. The lowest BCUT2D eigenvalue weighted by Crippen LogP contribution is -2.46. The van der Waals surface area contributed by atoms with Crippen molar-refractivity contribution < 1.29 is 32.5 Å². The predicted molar refractivity (Wildman–Crippen MR) is 135 cm³/mol. The van der Waals surface area contributed by atoms with Crippen LogP contribution in [0.4, 0.5) is 18.9 Å². The molecule has 0 spiro atoms. The Morgan fingerprint density at radius 2 is 1.70 bits per heavy atom. The molecule has 1 aliphatic heterocycles. The summed E-state index contributed by atoms with van der Waals surface area (Å²) in [5, 5.41) is 9.81. The number of alkyl halides is 3. The summed E-state index contributed by atoms with van der Waals surface area (Å²) in [6.07, 6.45) is -3.29. The normalized spacial score (nSPS) is 14.3. The van der Waals surface area contributed by atoms with E-state index in [4.69, 9.17) is 4.74 Å². The van der Waals surface area contributed by atoms with Crippen LogP contribution in [0.1, 0.15) is 15.9 Å². The zero-order valence-corrected chi connectivity index (χ0v) is 20.1. The minimum absolute atomic E-state index is 0.0269. The maximum absolute atomic E-state index is 13.0. The molecule has 4 rings (SSSR count). The summed E-state index contributed by atoms with van der Waals surface area (Å²) in [6.45, 7) is 6.98. The molecule has 1 fully saturated rings. The summed E-state index contributed by atoms with van der Waals surface area (Å²) < 4.78 is 48.1. The summed E-state index contributed by atoms with van der Waals surface area (Å²) in [5.74, 6) is -0.675. The van der Waals surface area contributed by atoms with Crippen molar-refractivity contribution in [3.63, 3.8) is 0 Å². The first-order chi connectivity index (χ1) is 17.7. The number of nitrogens with zero attached hydrogens (tertiary/aromatic N) is 2. The third-order valence-electron chi connectivity index (χ3n) is 5.96. The van der Waals surface area contributed by atoms with Crippen molar-refractivity contribution in [1.82, 2.24) is 4.90 Å². The van der Waals surface area contributed by atoms with Gasteiger partial charge >= 0.3 is 12.3 Å². The smallest absolute Gasteiger partial charge is 0.508 e. The molecule has 0 saturated carbocycles. The van der Waals surface area contributed by atoms with Crippen LogP contribution in [0, 0.1) is 0 Å². The molecule has 194 valence electrons. The maximum atomic E-state index is 13.0. The van der Waals surface area contributed by atoms with Gasteiger partial charge < -0.3 is 19.5 Å². The van der Waals surface area contributed by atoms with E-state index in [-0.39, 0.29) is 18.1 Å². The number of carbonyl (C=O) groups is 1. The second kappa shape index (κ2) is 11.4. The molecule has 1 saturated heterocycles. The Balaban J connectivity index is 1.43. The molecule has 0 aromatic heterocycles. The highest BCUT2D eigenvalue weighted by Crippen LogP contribution is 2.32. The molecule has 6 nitrogen and oxygen atoms in total. The number of anilines is 1. The van der Waals surface area contributed by atoms with E-state index in [1.165, 1.54) is 30.3 Å². The minimum Gasteiger partial charge on any atom is -0.508 e. The van der Waals surface area contributed by atoms with Gasteiger partial charge in [-0.1, -0.05) is 24.8 Å². The molecule has 0 atom stereocenters. The zero-order chi connectivity index (χ0) is 26.4. The number of ether oxygens (including phenoxy) is 2. The van der Waals surface area contributed by atoms with Gasteiger partial charge in [0.2, 0.25) is 0 Å². The van der Waals surface area contributed by atoms with E-state index >= 15 is 0 Å². The van der Waals surface area contributed by atoms with Gasteiger partial charge in [-0.3, -0.25) is 4.90 Å². The number of benzene rings is 3. The van der Waals surface area contributed by atoms with E-state index in [1.807, 2.05) is 18.2 Å². The molecule has 1 aliphatic rings. The highest BCUT2D eigenvalue weighted by molar-refractivity contribution is 5.89. The van der Waals surface area contributed by atoms with Crippen LogP contribution in [0.5, 0.6) is 11.5 Å². The minimum atomic E-state index is -4.81. The van der Waals surface area contributed by atoms with E-state index in [2.05, 4.69) is 21.1 Å². The summed E-state index contributed by atoms with van der Waals surface area (Å²) in [6, 6.07) is 18.1. The summed E-state index contributed by atoms with van der Waals surface area (Å²) in [5.41, 5.74) is 3.24. The number of carbonyl (C=O) groups excluding carboxylic acids is 1. The van der Waals surface area contributed by atoms with Crippen LogP contribution in [0.15, 0.2) is 79.4 Å². The number of piperazine rings is 1. The quantitative estimate of drug-likeness (QED) is 0.312. The van der Waals surface area contributed by atoms with Crippen molar-refractivity contribution in [3.05, 3.63) is 90.5 Å². The van der Waals surface area contributed by atoms with Gasteiger partial charge in [0.25, 0.3) is 0 Å². The number of aromatic hydroxyl groups is 1. The molecule has 9 heteroatoms. The van der Waals surface area contributed by atoms with Gasteiger partial charge in [0, 0.05) is 38.4 Å². The molecule has 37 heavy (non-hydrogen) atoms. The Bertz CT molecular complexity index is 1240. The number of halogens is 3. The van der Waals surface area contributed by atoms with E-state index in [0.717, 1.165) is 18.8 Å². The fraction of sp³-hybridized carbons (Fsp3) is 0.250. The average Bonchev–Trinajstić information content (AvgIpc) is 2.87. The topological polar surface area (TPSA) is 62.2 Å². The molecule has 0 amide bonds. The third kappa shape index (κ3) is 7.27. The lowest BCUT2D eigenvalue weighted by Gasteiger charge is -2.36. The fourth-order valence-corrected chi connectivity index (χ4v) is 4.25. The van der Waals surface area contributed by atoms with Gasteiger partial charge in [-0.05, 0) is 71.3 Å². The second-order valence-electron chi connectivity index (χ2n) is 8.66. The monoisotopic (exact) mass is 512 g/mol. The van der Waals surface area contributed by atoms with Crippen molar-refractivity contribution in [1.29, 1.82) is 0 Å². The van der Waals surface area contributed by atoms with Crippen molar-refractivity contribution in [3.8, 4) is 22.6 Å². The number of phenolic OH excluding ortho intramolecular Hbond substituents is 1. The molecule has 0 bridgehead atoms. The average molecular weight is 513 g/mol. The molecule has 1 N–H and O–H groups in total. The SMILES string of the molecule is C=CCOC(=O)c1ccc(N2CCN(Cc3cc(OC(F)(F)F)cc(-c4cccc(O)c4)c3)CC2)cc1. The first-order valence-electron chi connectivity index (χ1n) is 11.7. The van der Waals surface area contributed by atoms with Gasteiger partial charge in [-0.15, -0.1) is 13.2 Å². The summed E-state index contributed by atoms with van der Waals surface area (Å²) in [4.78, 5) is 16.3. The molecular formula is C28H27F3N2O4. The number of phenols is 1. The van der Waals surface area contributed by atoms with Crippen molar-refractivity contribution in [2.75, 3.05) is 37.7 Å². The van der Waals surface area contributed by atoms with E-state index < -0.39 is 12.3 Å². The van der Waals surface area contributed by atoms with Crippen LogP contribution in [0.3, 0.4) is 0 Å². The first-order valence-corrected chi connectivity index (χ1v) is 11.7. The molecule has 0 aliphatic carbocycles. The maximum Gasteiger partial charge on any atom is 0.573 e. The Morgan fingerprint density at radius 3 is 2.35 bits per heavy atom. The van der Waals surface area contributed by atoms with Crippen LogP contribution in [0.25, 0.3) is 11.1 Å². The van der Waals surface area contributed by atoms with Gasteiger partial charge in [-0.25, -0.2) is 4.79 Å². The molecule has 3 aromatic rings. The number of esters is 1. The Labute approximate surface area is 213 Å². The largest absolute Gasteiger partial charge is 0.573 e. The van der Waals surface area contributed by atoms with Gasteiger partial charge in [0.15, 0.2) is 0 Å². The molecule has 3 aromatic carbocycles. The van der Waals surface area contributed by atoms with Crippen LogP contribution in [-0.2, 0) is 11.3 Å². The summed E-state index contributed by atoms with van der Waals surface area (Å²) >= 11 is 0. The van der Waals surface area contributed by atoms with E-state index in [0.29, 0.717) is 41.9 Å². The predicted octanol–water partition coefficient (Wildman–Crippen LogP) is 5.62. The highest BCUT2D eigenvalue weighted by Gasteiger charge is 2.31. The number of hydrogen-bond acceptors (Lipinski definition) is 6. The Kier molecular flexibility index (Phi) is 8.03. The molecular weight excluding hydrogens is 485 g/mol. The molecule has 0 radical (unpaired) electrons. The first kappa shape index (κ1) is 26.1. The number of rotatable bonds is 8. The second-order valence-corrected chi connectivity index (χ2v) is 8.66. The van der Waals surface area contributed by atoms with E-state index in [9.17, 15) is 23.1 Å².